The van der Waals surface area contributed by atoms with Gasteiger partial charge in [0.1, 0.15) is 0 Å². The number of methoxy groups -OCH3 is 1. The quantitative estimate of drug-likeness (QED) is 0.623. The summed E-state index contributed by atoms with van der Waals surface area (Å²) >= 11 is 0. The van der Waals surface area contributed by atoms with Gasteiger partial charge in [0.15, 0.2) is 0 Å². The molecule has 0 saturated carbocycles. The van der Waals surface area contributed by atoms with E-state index in [9.17, 15) is 4.79 Å². The van der Waals surface area contributed by atoms with E-state index in [4.69, 9.17) is 4.74 Å². The average molecular weight is 199 g/mol. The molecule has 2 unspecified atom stereocenters. The Morgan fingerprint density at radius 3 is 3.07 bits per heavy atom. The molecule has 2 fully saturated rings. The van der Waals surface area contributed by atoms with Gasteiger partial charge in [0.25, 0.3) is 0 Å². The first kappa shape index (κ1) is 9.73. The summed E-state index contributed by atoms with van der Waals surface area (Å²) in [4.78, 5) is 13.5. The van der Waals surface area contributed by atoms with Crippen LogP contribution in [0.2, 0.25) is 0 Å². The summed E-state index contributed by atoms with van der Waals surface area (Å²) in [5, 5.41) is 6.10. The minimum Gasteiger partial charge on any atom is -0.378 e. The minimum absolute atomic E-state index is 0.0481. The van der Waals surface area contributed by atoms with Gasteiger partial charge in [-0.05, 0) is 6.42 Å². The number of amides is 2. The van der Waals surface area contributed by atoms with Crippen molar-refractivity contribution in [2.45, 2.75) is 18.6 Å². The minimum atomic E-state index is 0.0481. The molecule has 14 heavy (non-hydrogen) atoms. The van der Waals surface area contributed by atoms with Gasteiger partial charge in [-0.2, -0.15) is 0 Å². The predicted molar refractivity (Wildman–Crippen MR) is 52.2 cm³/mol. The van der Waals surface area contributed by atoms with E-state index in [0.717, 1.165) is 32.6 Å². The topological polar surface area (TPSA) is 53.6 Å². The van der Waals surface area contributed by atoms with Crippen molar-refractivity contribution in [3.05, 3.63) is 0 Å². The molecule has 80 valence electrons. The van der Waals surface area contributed by atoms with Gasteiger partial charge < -0.3 is 20.3 Å². The van der Waals surface area contributed by atoms with Crippen molar-refractivity contribution in [2.75, 3.05) is 33.3 Å². The largest absolute Gasteiger partial charge is 0.378 e. The van der Waals surface area contributed by atoms with Gasteiger partial charge in [0.05, 0.1) is 12.1 Å². The molecule has 0 aromatic heterocycles. The molecule has 5 heteroatoms. The summed E-state index contributed by atoms with van der Waals surface area (Å²) in [5.74, 6) is 0. The van der Waals surface area contributed by atoms with Crippen LogP contribution in [0.25, 0.3) is 0 Å². The van der Waals surface area contributed by atoms with Crippen LogP contribution >= 0.6 is 0 Å². The molecular formula is C9H17N3O2. The zero-order valence-corrected chi connectivity index (χ0v) is 8.45. The van der Waals surface area contributed by atoms with E-state index >= 15 is 0 Å². The number of nitrogens with one attached hydrogen (secondary N) is 2. The maximum Gasteiger partial charge on any atom is 0.317 e. The van der Waals surface area contributed by atoms with Gasteiger partial charge in [-0.25, -0.2) is 4.79 Å². The highest BCUT2D eigenvalue weighted by Crippen LogP contribution is 2.14. The van der Waals surface area contributed by atoms with Gasteiger partial charge in [-0.3, -0.25) is 0 Å². The van der Waals surface area contributed by atoms with Crippen LogP contribution < -0.4 is 10.6 Å². The predicted octanol–water partition coefficient (Wildman–Crippen LogP) is -0.611. The molecule has 2 heterocycles. The molecule has 0 aromatic carbocycles. The number of rotatable bonds is 2. The highest BCUT2D eigenvalue weighted by molar-refractivity contribution is 5.75. The first-order valence-electron chi connectivity index (χ1n) is 5.11. The van der Waals surface area contributed by atoms with Crippen molar-refractivity contribution >= 4 is 6.03 Å². The van der Waals surface area contributed by atoms with E-state index in [0.29, 0.717) is 0 Å². The second kappa shape index (κ2) is 4.14. The lowest BCUT2D eigenvalue weighted by atomic mass is 10.1. The molecule has 2 aliphatic heterocycles. The Morgan fingerprint density at radius 2 is 2.36 bits per heavy atom. The fourth-order valence-electron chi connectivity index (χ4n) is 2.16. The van der Waals surface area contributed by atoms with Gasteiger partial charge in [-0.15, -0.1) is 0 Å². The Hall–Kier alpha value is -0.810. The van der Waals surface area contributed by atoms with Crippen LogP contribution in [0.3, 0.4) is 0 Å². The zero-order valence-electron chi connectivity index (χ0n) is 8.45. The Balaban J connectivity index is 2.01. The van der Waals surface area contributed by atoms with Crippen LogP contribution in [0.4, 0.5) is 4.79 Å². The summed E-state index contributed by atoms with van der Waals surface area (Å²) in [6.07, 6.45) is 1.16. The molecule has 0 bridgehead atoms. The number of hydrogen-bond donors (Lipinski definition) is 2. The molecule has 0 spiro atoms. The molecule has 2 N–H and O–H groups in total. The van der Waals surface area contributed by atoms with Crippen LogP contribution in [0.5, 0.6) is 0 Å². The molecule has 2 amide bonds. The van der Waals surface area contributed by atoms with Crippen molar-refractivity contribution in [1.82, 2.24) is 15.5 Å². The molecule has 2 saturated heterocycles. The maximum atomic E-state index is 11.6. The molecule has 0 radical (unpaired) electrons. The summed E-state index contributed by atoms with van der Waals surface area (Å²) in [5.41, 5.74) is 0. The van der Waals surface area contributed by atoms with Gasteiger partial charge in [-0.1, -0.05) is 0 Å². The lowest BCUT2D eigenvalue weighted by Crippen LogP contribution is -2.55. The van der Waals surface area contributed by atoms with E-state index in [1.54, 1.807) is 7.11 Å². The van der Waals surface area contributed by atoms with Crippen molar-refractivity contribution in [2.24, 2.45) is 0 Å². The highest BCUT2D eigenvalue weighted by Gasteiger charge is 2.35. The van der Waals surface area contributed by atoms with Crippen LogP contribution in [-0.2, 0) is 4.74 Å². The molecule has 5 nitrogen and oxygen atoms in total. The number of carbonyl (C=O) groups excluding carboxylic acids is 1. The van der Waals surface area contributed by atoms with Crippen LogP contribution in [0.15, 0.2) is 0 Å². The smallest absolute Gasteiger partial charge is 0.317 e. The monoisotopic (exact) mass is 199 g/mol. The number of carbonyl (C=O) groups is 1. The number of hydrogen-bond acceptors (Lipinski definition) is 3. The molecular weight excluding hydrogens is 182 g/mol. The Kier molecular flexibility index (Phi) is 2.88. The third kappa shape index (κ3) is 1.69. The summed E-state index contributed by atoms with van der Waals surface area (Å²) < 4.78 is 5.34. The lowest BCUT2D eigenvalue weighted by Gasteiger charge is -2.34. The normalized spacial score (nSPS) is 33.2. The first-order valence-corrected chi connectivity index (χ1v) is 5.11. The van der Waals surface area contributed by atoms with E-state index in [1.807, 2.05) is 4.90 Å². The van der Waals surface area contributed by atoms with Gasteiger partial charge in [0.2, 0.25) is 0 Å². The zero-order chi connectivity index (χ0) is 9.97. The Labute approximate surface area is 83.8 Å². The van der Waals surface area contributed by atoms with Crippen molar-refractivity contribution < 1.29 is 9.53 Å². The van der Waals surface area contributed by atoms with E-state index in [2.05, 4.69) is 10.6 Å². The number of urea groups is 1. The van der Waals surface area contributed by atoms with Gasteiger partial charge >= 0.3 is 6.03 Å². The fraction of sp³-hybridized carbons (Fsp3) is 0.889. The third-order valence-corrected chi connectivity index (χ3v) is 2.94. The second-order valence-electron chi connectivity index (χ2n) is 3.78. The third-order valence-electron chi connectivity index (χ3n) is 2.94. The first-order chi connectivity index (χ1) is 6.83. The van der Waals surface area contributed by atoms with Crippen molar-refractivity contribution in [3.63, 3.8) is 0 Å². The van der Waals surface area contributed by atoms with Crippen LogP contribution in [0, 0.1) is 0 Å². The van der Waals surface area contributed by atoms with Crippen LogP contribution in [0.1, 0.15) is 6.42 Å². The van der Waals surface area contributed by atoms with E-state index in [1.165, 1.54) is 0 Å². The van der Waals surface area contributed by atoms with E-state index in [-0.39, 0.29) is 18.2 Å². The molecule has 0 aromatic rings. The summed E-state index contributed by atoms with van der Waals surface area (Å²) in [6.45, 7) is 3.32. The summed E-state index contributed by atoms with van der Waals surface area (Å²) in [6, 6.07) is 0.243. The molecule has 2 atom stereocenters. The van der Waals surface area contributed by atoms with Crippen molar-refractivity contribution in [3.8, 4) is 0 Å². The standard InChI is InChI=1S/C9H17N3O2/c1-14-8-6-10-5-7(8)12-4-2-3-11-9(12)13/h7-8,10H,2-6H2,1H3,(H,11,13). The van der Waals surface area contributed by atoms with Gasteiger partial charge in [0, 0.05) is 33.3 Å². The number of ether oxygens (including phenoxy) is 1. The highest BCUT2D eigenvalue weighted by atomic mass is 16.5. The van der Waals surface area contributed by atoms with E-state index < -0.39 is 0 Å². The Morgan fingerprint density at radius 1 is 1.50 bits per heavy atom. The molecule has 2 rings (SSSR count). The molecule has 0 aliphatic carbocycles. The lowest BCUT2D eigenvalue weighted by molar-refractivity contribution is 0.0528. The number of nitrogens with zero attached hydrogens (tertiary/aromatic N) is 1. The SMILES string of the molecule is COC1CNCC1N1CCCNC1=O. The molecule has 2 aliphatic rings. The maximum absolute atomic E-state index is 11.6. The summed E-state index contributed by atoms with van der Waals surface area (Å²) in [7, 11) is 1.70. The fourth-order valence-corrected chi connectivity index (χ4v) is 2.16. The Bertz CT molecular complexity index is 222. The average Bonchev–Trinajstić information content (AvgIpc) is 2.66. The second-order valence-corrected chi connectivity index (χ2v) is 3.78. The van der Waals surface area contributed by atoms with Crippen LogP contribution in [-0.4, -0.2) is 56.4 Å². The van der Waals surface area contributed by atoms with Crippen molar-refractivity contribution in [1.29, 1.82) is 0 Å².